The Bertz CT molecular complexity index is 560. The Kier molecular flexibility index (Phi) is 4.85. The molecule has 0 unspecified atom stereocenters. The van der Waals surface area contributed by atoms with Gasteiger partial charge in [-0.2, -0.15) is 0 Å². The third-order valence-corrected chi connectivity index (χ3v) is 4.66. The summed E-state index contributed by atoms with van der Waals surface area (Å²) < 4.78 is 28.3. The molecule has 2 N–H and O–H groups in total. The van der Waals surface area contributed by atoms with E-state index in [1.807, 2.05) is 33.8 Å². The summed E-state index contributed by atoms with van der Waals surface area (Å²) in [4.78, 5) is 0. The van der Waals surface area contributed by atoms with Crippen molar-refractivity contribution in [2.75, 3.05) is 21.3 Å². The molecule has 1 aliphatic heterocycles. The molecule has 7 heteroatoms. The Morgan fingerprint density at radius 2 is 1.43 bits per heavy atom. The van der Waals surface area contributed by atoms with Crippen LogP contribution in [0.15, 0.2) is 12.1 Å². The van der Waals surface area contributed by atoms with Crippen LogP contribution in [0.4, 0.5) is 0 Å². The van der Waals surface area contributed by atoms with Crippen LogP contribution in [0, 0.1) is 0 Å². The van der Waals surface area contributed by atoms with Crippen molar-refractivity contribution in [3.05, 3.63) is 17.7 Å². The third kappa shape index (κ3) is 3.01. The first-order valence-electron chi connectivity index (χ1n) is 7.58. The molecule has 1 saturated heterocycles. The maximum absolute atomic E-state index is 6.41. The molecule has 1 aromatic rings. The van der Waals surface area contributed by atoms with Gasteiger partial charge in [0, 0.05) is 5.56 Å². The molecule has 0 aromatic heterocycles. The van der Waals surface area contributed by atoms with E-state index in [0.29, 0.717) is 17.2 Å². The highest BCUT2D eigenvalue weighted by atomic mass is 16.7. The van der Waals surface area contributed by atoms with E-state index in [9.17, 15) is 0 Å². The Balaban J connectivity index is 2.39. The van der Waals surface area contributed by atoms with Crippen molar-refractivity contribution in [2.24, 2.45) is 5.73 Å². The molecule has 1 aromatic carbocycles. The van der Waals surface area contributed by atoms with E-state index in [4.69, 9.17) is 29.3 Å². The first-order valence-corrected chi connectivity index (χ1v) is 7.58. The van der Waals surface area contributed by atoms with Crippen molar-refractivity contribution >= 4 is 7.12 Å². The lowest BCUT2D eigenvalue weighted by Gasteiger charge is -2.32. The lowest BCUT2D eigenvalue weighted by molar-refractivity contribution is 0.00578. The van der Waals surface area contributed by atoms with Crippen molar-refractivity contribution in [3.8, 4) is 17.2 Å². The minimum Gasteiger partial charge on any atom is -0.493 e. The summed E-state index contributed by atoms with van der Waals surface area (Å²) in [7, 11) is 4.12. The van der Waals surface area contributed by atoms with Crippen molar-refractivity contribution < 1.29 is 23.5 Å². The highest BCUT2D eigenvalue weighted by Crippen LogP contribution is 2.45. The van der Waals surface area contributed by atoms with E-state index in [2.05, 4.69) is 0 Å². The summed E-state index contributed by atoms with van der Waals surface area (Å²) in [6, 6.07) is 3.64. The minimum absolute atomic E-state index is 0.445. The van der Waals surface area contributed by atoms with Gasteiger partial charge >= 0.3 is 7.12 Å². The smallest absolute Gasteiger partial charge is 0.480 e. The Hall–Kier alpha value is -1.44. The van der Waals surface area contributed by atoms with Crippen molar-refractivity contribution in [1.82, 2.24) is 0 Å². The molecule has 2 rings (SSSR count). The first-order chi connectivity index (χ1) is 10.7. The highest BCUT2D eigenvalue weighted by molar-refractivity contribution is 6.47. The van der Waals surface area contributed by atoms with Crippen LogP contribution >= 0.6 is 0 Å². The number of methoxy groups -OCH3 is 3. The van der Waals surface area contributed by atoms with Crippen molar-refractivity contribution in [1.29, 1.82) is 0 Å². The largest absolute Gasteiger partial charge is 0.493 e. The highest BCUT2D eigenvalue weighted by Gasteiger charge is 2.53. The summed E-state index contributed by atoms with van der Waals surface area (Å²) in [5.41, 5.74) is 6.26. The fraction of sp³-hybridized carbons (Fsp3) is 0.625. The van der Waals surface area contributed by atoms with Gasteiger partial charge in [-0.25, -0.2) is 0 Å². The van der Waals surface area contributed by atoms with Crippen LogP contribution in [0.1, 0.15) is 39.2 Å². The average Bonchev–Trinajstić information content (AvgIpc) is 2.72. The zero-order valence-electron chi connectivity index (χ0n) is 14.9. The standard InChI is InChI=1S/C16H26BNO5/c1-15(2)16(3,4)23-17(22-15)14(18)10-8-9-11(19-5)13(21-7)12(10)20-6/h8-9,14H,18H2,1-7H3/t14-/m1/s1. The maximum Gasteiger partial charge on any atom is 0.480 e. The molecule has 0 bridgehead atoms. The molecule has 0 aliphatic carbocycles. The van der Waals surface area contributed by atoms with Crippen LogP contribution in [0.25, 0.3) is 0 Å². The quantitative estimate of drug-likeness (QED) is 0.839. The molecule has 0 amide bonds. The number of nitrogens with two attached hydrogens (primary N) is 1. The Morgan fingerprint density at radius 3 is 1.87 bits per heavy atom. The molecule has 128 valence electrons. The number of rotatable bonds is 5. The van der Waals surface area contributed by atoms with Crippen LogP contribution in [0.5, 0.6) is 17.2 Å². The van der Waals surface area contributed by atoms with Crippen LogP contribution in [0.2, 0.25) is 0 Å². The molecule has 6 nitrogen and oxygen atoms in total. The monoisotopic (exact) mass is 323 g/mol. The predicted octanol–water partition coefficient (Wildman–Crippen LogP) is 2.34. The van der Waals surface area contributed by atoms with Gasteiger partial charge in [0.15, 0.2) is 11.5 Å². The van der Waals surface area contributed by atoms with E-state index in [1.165, 1.54) is 0 Å². The van der Waals surface area contributed by atoms with Gasteiger partial charge in [-0.3, -0.25) is 0 Å². The zero-order chi connectivity index (χ0) is 17.4. The van der Waals surface area contributed by atoms with Gasteiger partial charge in [0.25, 0.3) is 0 Å². The number of ether oxygens (including phenoxy) is 3. The molecule has 0 radical (unpaired) electrons. The Labute approximate surface area is 138 Å². The van der Waals surface area contributed by atoms with Gasteiger partial charge in [-0.1, -0.05) is 6.07 Å². The molecule has 1 atom stereocenters. The lowest BCUT2D eigenvalue weighted by Crippen LogP contribution is -2.41. The van der Waals surface area contributed by atoms with Gasteiger partial charge in [0.1, 0.15) is 0 Å². The molecular formula is C16H26BNO5. The maximum atomic E-state index is 6.41. The normalized spacial score (nSPS) is 20.3. The first kappa shape index (κ1) is 17.9. The second kappa shape index (κ2) is 6.22. The average molecular weight is 323 g/mol. The van der Waals surface area contributed by atoms with E-state index < -0.39 is 24.3 Å². The van der Waals surface area contributed by atoms with Crippen LogP contribution in [-0.2, 0) is 9.31 Å². The summed E-state index contributed by atoms with van der Waals surface area (Å²) >= 11 is 0. The van der Waals surface area contributed by atoms with E-state index in [1.54, 1.807) is 27.4 Å². The van der Waals surface area contributed by atoms with Gasteiger partial charge in [0.05, 0.1) is 38.5 Å². The Morgan fingerprint density at radius 1 is 0.913 bits per heavy atom. The topological polar surface area (TPSA) is 72.2 Å². The number of benzene rings is 1. The lowest BCUT2D eigenvalue weighted by atomic mass is 9.74. The second-order valence-corrected chi connectivity index (χ2v) is 6.57. The second-order valence-electron chi connectivity index (χ2n) is 6.57. The predicted molar refractivity (Wildman–Crippen MR) is 89.1 cm³/mol. The molecule has 1 heterocycles. The van der Waals surface area contributed by atoms with E-state index in [0.717, 1.165) is 5.56 Å². The SMILES string of the molecule is COc1ccc([C@@H](N)B2OC(C)(C)C(C)(C)O2)c(OC)c1OC. The molecule has 0 spiro atoms. The summed E-state index contributed by atoms with van der Waals surface area (Å²) in [6.45, 7) is 7.97. The molecule has 23 heavy (non-hydrogen) atoms. The van der Waals surface area contributed by atoms with Gasteiger partial charge in [0.2, 0.25) is 5.75 Å². The van der Waals surface area contributed by atoms with Crippen molar-refractivity contribution in [3.63, 3.8) is 0 Å². The van der Waals surface area contributed by atoms with Gasteiger partial charge in [-0.15, -0.1) is 0 Å². The number of hydrogen-bond donors (Lipinski definition) is 1. The summed E-state index contributed by atoms with van der Waals surface area (Å²) in [5, 5.41) is 0. The summed E-state index contributed by atoms with van der Waals surface area (Å²) in [6.07, 6.45) is 0. The third-order valence-electron chi connectivity index (χ3n) is 4.66. The zero-order valence-corrected chi connectivity index (χ0v) is 14.9. The van der Waals surface area contributed by atoms with E-state index in [-0.39, 0.29) is 0 Å². The van der Waals surface area contributed by atoms with Crippen LogP contribution in [-0.4, -0.2) is 39.6 Å². The fourth-order valence-electron chi connectivity index (χ4n) is 2.57. The molecule has 1 aliphatic rings. The van der Waals surface area contributed by atoms with Gasteiger partial charge < -0.3 is 29.3 Å². The molecular weight excluding hydrogens is 297 g/mol. The van der Waals surface area contributed by atoms with Crippen LogP contribution < -0.4 is 19.9 Å². The molecule has 0 saturated carbocycles. The number of hydrogen-bond acceptors (Lipinski definition) is 6. The van der Waals surface area contributed by atoms with Gasteiger partial charge in [-0.05, 0) is 33.8 Å². The van der Waals surface area contributed by atoms with Crippen molar-refractivity contribution in [2.45, 2.75) is 44.8 Å². The fourth-order valence-corrected chi connectivity index (χ4v) is 2.57. The summed E-state index contributed by atoms with van der Waals surface area (Å²) in [5.74, 6) is 1.08. The molecule has 1 fully saturated rings. The minimum atomic E-state index is -0.577. The van der Waals surface area contributed by atoms with Crippen LogP contribution in [0.3, 0.4) is 0 Å². The van der Waals surface area contributed by atoms with E-state index >= 15 is 0 Å².